The minimum Gasteiger partial charge on any atom is -0.415 e. The molecule has 0 aromatic carbocycles. The largest absolute Gasteiger partial charge is 0.415 e. The number of rotatable bonds is 4. The van der Waals surface area contributed by atoms with Gasteiger partial charge in [0.1, 0.15) is 0 Å². The quantitative estimate of drug-likeness (QED) is 0.629. The zero-order chi connectivity index (χ0) is 9.68. The van der Waals surface area contributed by atoms with Crippen molar-refractivity contribution in [2.75, 3.05) is 0 Å². The van der Waals surface area contributed by atoms with Crippen molar-refractivity contribution in [3.8, 4) is 5.06 Å². The first-order chi connectivity index (χ1) is 6.22. The molecule has 0 fully saturated rings. The minimum atomic E-state index is -0.125. The topological polar surface area (TPSA) is 26.3 Å². The zero-order valence-electron chi connectivity index (χ0n) is 7.38. The van der Waals surface area contributed by atoms with E-state index in [-0.39, 0.29) is 5.97 Å². The highest BCUT2D eigenvalue weighted by molar-refractivity contribution is 14.1. The van der Waals surface area contributed by atoms with Gasteiger partial charge in [0.05, 0.1) is 2.88 Å². The molecular formula is C9H11IO2S. The van der Waals surface area contributed by atoms with E-state index < -0.39 is 0 Å². The van der Waals surface area contributed by atoms with E-state index in [1.807, 2.05) is 12.1 Å². The minimum absolute atomic E-state index is 0.125. The van der Waals surface area contributed by atoms with Crippen molar-refractivity contribution >= 4 is 39.9 Å². The Balaban J connectivity index is 2.36. The number of ether oxygens (including phenoxy) is 1. The fourth-order valence-corrected chi connectivity index (χ4v) is 2.27. The average Bonchev–Trinajstić information content (AvgIpc) is 2.48. The van der Waals surface area contributed by atoms with Crippen LogP contribution in [0.3, 0.4) is 0 Å². The number of halogens is 1. The first kappa shape index (κ1) is 11.0. The van der Waals surface area contributed by atoms with Crippen LogP contribution < -0.4 is 4.74 Å². The van der Waals surface area contributed by atoms with Crippen LogP contribution in [0.2, 0.25) is 0 Å². The highest BCUT2D eigenvalue weighted by Gasteiger charge is 2.05. The number of carbonyl (C=O) groups excluding carboxylic acids is 1. The van der Waals surface area contributed by atoms with Gasteiger partial charge in [0.2, 0.25) is 0 Å². The summed E-state index contributed by atoms with van der Waals surface area (Å²) in [4.78, 5) is 11.2. The van der Waals surface area contributed by atoms with Gasteiger partial charge in [0.15, 0.2) is 5.06 Å². The van der Waals surface area contributed by atoms with Gasteiger partial charge in [-0.15, -0.1) is 0 Å². The van der Waals surface area contributed by atoms with E-state index in [0.29, 0.717) is 11.5 Å². The number of unbranched alkanes of at least 4 members (excludes halogenated alkanes) is 1. The molecule has 4 heteroatoms. The summed E-state index contributed by atoms with van der Waals surface area (Å²) in [6.45, 7) is 2.06. The summed E-state index contributed by atoms with van der Waals surface area (Å²) >= 11 is 3.70. The van der Waals surface area contributed by atoms with Gasteiger partial charge in [-0.25, -0.2) is 0 Å². The SMILES string of the molecule is CCCCC(=O)Oc1ccc(I)s1. The molecular weight excluding hydrogens is 299 g/mol. The van der Waals surface area contributed by atoms with Crippen LogP contribution in [0.25, 0.3) is 0 Å². The van der Waals surface area contributed by atoms with Gasteiger partial charge in [0.25, 0.3) is 0 Å². The summed E-state index contributed by atoms with van der Waals surface area (Å²) in [7, 11) is 0. The molecule has 0 saturated carbocycles. The highest BCUT2D eigenvalue weighted by Crippen LogP contribution is 2.25. The molecule has 0 N–H and O–H groups in total. The fourth-order valence-electron chi connectivity index (χ4n) is 0.837. The molecule has 0 aliphatic heterocycles. The third-order valence-corrected chi connectivity index (χ3v) is 3.27. The standard InChI is InChI=1S/C9H11IO2S/c1-2-3-4-8(11)12-9-6-5-7(10)13-9/h5-6H,2-4H2,1H3. The van der Waals surface area contributed by atoms with Crippen LogP contribution in [0, 0.1) is 2.88 Å². The second-order valence-corrected chi connectivity index (χ2v) is 5.58. The van der Waals surface area contributed by atoms with Crippen LogP contribution in [-0.4, -0.2) is 5.97 Å². The Morgan fingerprint density at radius 1 is 1.62 bits per heavy atom. The van der Waals surface area contributed by atoms with Crippen LogP contribution in [0.4, 0.5) is 0 Å². The maximum atomic E-state index is 11.2. The van der Waals surface area contributed by atoms with E-state index >= 15 is 0 Å². The lowest BCUT2D eigenvalue weighted by Crippen LogP contribution is -2.05. The van der Waals surface area contributed by atoms with Crippen molar-refractivity contribution in [2.24, 2.45) is 0 Å². The number of esters is 1. The molecule has 0 aliphatic carbocycles. The Bertz CT molecular complexity index is 283. The lowest BCUT2D eigenvalue weighted by atomic mass is 10.3. The smallest absolute Gasteiger partial charge is 0.311 e. The molecule has 0 aliphatic rings. The molecule has 0 bridgehead atoms. The molecule has 1 rings (SSSR count). The van der Waals surface area contributed by atoms with Gasteiger partial charge in [-0.1, -0.05) is 24.7 Å². The van der Waals surface area contributed by atoms with Gasteiger partial charge in [-0.2, -0.15) is 0 Å². The van der Waals surface area contributed by atoms with E-state index in [0.717, 1.165) is 15.7 Å². The first-order valence-corrected chi connectivity index (χ1v) is 6.08. The lowest BCUT2D eigenvalue weighted by molar-refractivity contribution is -0.134. The predicted octanol–water partition coefficient (Wildman–Crippen LogP) is 3.45. The molecule has 0 spiro atoms. The van der Waals surface area contributed by atoms with Crippen LogP contribution in [0.1, 0.15) is 26.2 Å². The van der Waals surface area contributed by atoms with Gasteiger partial charge in [0, 0.05) is 6.42 Å². The maximum absolute atomic E-state index is 11.2. The second kappa shape index (κ2) is 5.59. The number of carbonyl (C=O) groups is 1. The average molecular weight is 310 g/mol. The van der Waals surface area contributed by atoms with Gasteiger partial charge in [-0.3, -0.25) is 4.79 Å². The van der Waals surface area contributed by atoms with Crippen molar-refractivity contribution in [3.05, 3.63) is 15.0 Å². The lowest BCUT2D eigenvalue weighted by Gasteiger charge is -1.98. The van der Waals surface area contributed by atoms with Crippen molar-refractivity contribution in [1.82, 2.24) is 0 Å². The first-order valence-electron chi connectivity index (χ1n) is 4.18. The van der Waals surface area contributed by atoms with Gasteiger partial charge in [-0.05, 0) is 41.1 Å². The zero-order valence-corrected chi connectivity index (χ0v) is 10.4. The van der Waals surface area contributed by atoms with Crippen LogP contribution in [0.15, 0.2) is 12.1 Å². The second-order valence-electron chi connectivity index (χ2n) is 2.64. The van der Waals surface area contributed by atoms with Crippen molar-refractivity contribution in [2.45, 2.75) is 26.2 Å². The molecule has 2 nitrogen and oxygen atoms in total. The van der Waals surface area contributed by atoms with E-state index in [1.165, 1.54) is 11.3 Å². The summed E-state index contributed by atoms with van der Waals surface area (Å²) < 4.78 is 6.25. The molecule has 1 aromatic heterocycles. The summed E-state index contributed by atoms with van der Waals surface area (Å²) in [5.74, 6) is -0.125. The van der Waals surface area contributed by atoms with E-state index in [9.17, 15) is 4.79 Å². The van der Waals surface area contributed by atoms with E-state index in [2.05, 4.69) is 29.5 Å². The molecule has 0 amide bonds. The predicted molar refractivity (Wildman–Crippen MR) is 62.2 cm³/mol. The number of hydrogen-bond donors (Lipinski definition) is 0. The molecule has 1 aromatic rings. The summed E-state index contributed by atoms with van der Waals surface area (Å²) in [5, 5.41) is 0.700. The normalized spacial score (nSPS) is 10.0. The molecule has 72 valence electrons. The highest BCUT2D eigenvalue weighted by atomic mass is 127. The molecule has 1 heterocycles. The van der Waals surface area contributed by atoms with Gasteiger partial charge >= 0.3 is 5.97 Å². The Morgan fingerprint density at radius 2 is 2.38 bits per heavy atom. The monoisotopic (exact) mass is 310 g/mol. The van der Waals surface area contributed by atoms with Crippen LogP contribution >= 0.6 is 33.9 Å². The Labute approximate surface area is 95.4 Å². The summed E-state index contributed by atoms with van der Waals surface area (Å²) in [6, 6.07) is 3.77. The molecule has 0 radical (unpaired) electrons. The van der Waals surface area contributed by atoms with Crippen molar-refractivity contribution in [1.29, 1.82) is 0 Å². The Hall–Kier alpha value is -0.100. The molecule has 13 heavy (non-hydrogen) atoms. The molecule has 0 atom stereocenters. The van der Waals surface area contributed by atoms with Crippen LogP contribution in [0.5, 0.6) is 5.06 Å². The molecule has 0 unspecified atom stereocenters. The summed E-state index contributed by atoms with van der Waals surface area (Å²) in [5.41, 5.74) is 0. The van der Waals surface area contributed by atoms with E-state index in [4.69, 9.17) is 4.74 Å². The Kier molecular flexibility index (Phi) is 4.72. The Morgan fingerprint density at radius 3 is 2.92 bits per heavy atom. The maximum Gasteiger partial charge on any atom is 0.311 e. The third kappa shape index (κ3) is 4.08. The third-order valence-electron chi connectivity index (χ3n) is 1.50. The fraction of sp³-hybridized carbons (Fsp3) is 0.444. The van der Waals surface area contributed by atoms with Crippen molar-refractivity contribution in [3.63, 3.8) is 0 Å². The van der Waals surface area contributed by atoms with E-state index in [1.54, 1.807) is 0 Å². The van der Waals surface area contributed by atoms with Gasteiger partial charge < -0.3 is 4.74 Å². The molecule has 0 saturated heterocycles. The summed E-state index contributed by atoms with van der Waals surface area (Å²) in [6.07, 6.45) is 2.45. The van der Waals surface area contributed by atoms with Crippen molar-refractivity contribution < 1.29 is 9.53 Å². The number of hydrogen-bond acceptors (Lipinski definition) is 3. The van der Waals surface area contributed by atoms with Crippen LogP contribution in [-0.2, 0) is 4.79 Å². The number of thiophene rings is 1.